The van der Waals surface area contributed by atoms with E-state index in [-0.39, 0.29) is 0 Å². The Labute approximate surface area is 200 Å². The van der Waals surface area contributed by atoms with Crippen LogP contribution in [0.3, 0.4) is 0 Å². The van der Waals surface area contributed by atoms with Gasteiger partial charge in [0.1, 0.15) is 17.3 Å². The number of H-pyrrole nitrogens is 1. The van der Waals surface area contributed by atoms with Crippen molar-refractivity contribution in [3.63, 3.8) is 0 Å². The van der Waals surface area contributed by atoms with E-state index in [0.717, 1.165) is 72.4 Å². The molecule has 2 N–H and O–H groups in total. The smallest absolute Gasteiger partial charge is 0.141 e. The molecule has 4 aromatic rings. The third kappa shape index (κ3) is 3.77. The van der Waals surface area contributed by atoms with Gasteiger partial charge in [-0.25, -0.2) is 9.97 Å². The quantitative estimate of drug-likeness (QED) is 0.361. The van der Waals surface area contributed by atoms with E-state index in [9.17, 15) is 0 Å². The van der Waals surface area contributed by atoms with Crippen LogP contribution < -0.4 is 5.32 Å². The molecular weight excluding hydrogens is 459 g/mol. The average Bonchev–Trinajstić information content (AvgIpc) is 3.19. The summed E-state index contributed by atoms with van der Waals surface area (Å²) in [6.07, 6.45) is 5.29. The lowest BCUT2D eigenvalue weighted by atomic mass is 10.1. The van der Waals surface area contributed by atoms with E-state index in [1.807, 2.05) is 30.3 Å². The van der Waals surface area contributed by atoms with E-state index < -0.39 is 0 Å². The van der Waals surface area contributed by atoms with E-state index in [4.69, 9.17) is 32.9 Å². The zero-order valence-electron chi connectivity index (χ0n) is 17.6. The summed E-state index contributed by atoms with van der Waals surface area (Å²) in [6.45, 7) is 4.08. The van der Waals surface area contributed by atoms with E-state index >= 15 is 0 Å². The molecule has 0 bridgehead atoms. The number of morpholine rings is 1. The molecule has 9 heteroatoms. The maximum atomic E-state index is 6.76. The Morgan fingerprint density at radius 3 is 2.67 bits per heavy atom. The molecule has 0 amide bonds. The topological polar surface area (TPSA) is 79.0 Å². The molecule has 5 heterocycles. The fourth-order valence-electron chi connectivity index (χ4n) is 4.38. The molecular formula is C24H20Cl2N6O. The summed E-state index contributed by atoms with van der Waals surface area (Å²) in [5.41, 5.74) is 6.10. The SMILES string of the molecule is Clc1cc(CN2CCOCC2)cc(Cl)c1-c1nc2c([nH]1)-c1ccncc1Nc1ncccc1-2. The number of anilines is 2. The Hall–Kier alpha value is -2.97. The number of nitrogens with zero attached hydrogens (tertiary/aromatic N) is 4. The van der Waals surface area contributed by atoms with E-state index in [1.165, 1.54) is 0 Å². The van der Waals surface area contributed by atoms with Crippen LogP contribution in [0.2, 0.25) is 10.0 Å². The van der Waals surface area contributed by atoms with Crippen molar-refractivity contribution in [2.45, 2.75) is 6.54 Å². The average molecular weight is 479 g/mol. The highest BCUT2D eigenvalue weighted by Gasteiger charge is 2.25. The van der Waals surface area contributed by atoms with Crippen LogP contribution in [-0.2, 0) is 11.3 Å². The molecule has 0 atom stereocenters. The number of nitrogens with one attached hydrogen (secondary N) is 2. The molecule has 1 fully saturated rings. The third-order valence-corrected chi connectivity index (χ3v) is 6.55. The Bertz CT molecular complexity index is 1260. The number of ether oxygens (including phenoxy) is 1. The highest BCUT2D eigenvalue weighted by molar-refractivity contribution is 6.39. The van der Waals surface area contributed by atoms with Gasteiger partial charge in [0.15, 0.2) is 0 Å². The Kier molecular flexibility index (Phi) is 5.27. The van der Waals surface area contributed by atoms with Gasteiger partial charge in [0.2, 0.25) is 0 Å². The number of halogens is 2. The summed E-state index contributed by atoms with van der Waals surface area (Å²) in [5, 5.41) is 4.49. The fourth-order valence-corrected chi connectivity index (χ4v) is 5.09. The number of imidazole rings is 1. The molecule has 33 heavy (non-hydrogen) atoms. The van der Waals surface area contributed by atoms with Crippen molar-refractivity contribution in [1.29, 1.82) is 0 Å². The van der Waals surface area contributed by atoms with Crippen molar-refractivity contribution in [3.8, 4) is 33.9 Å². The molecule has 6 rings (SSSR count). The molecule has 0 aliphatic carbocycles. The van der Waals surface area contributed by atoms with Crippen LogP contribution >= 0.6 is 23.2 Å². The number of rotatable bonds is 3. The molecule has 0 radical (unpaired) electrons. The van der Waals surface area contributed by atoms with Gasteiger partial charge in [0.05, 0.1) is 46.4 Å². The first-order valence-electron chi connectivity index (χ1n) is 10.7. The standard InChI is InChI=1S/C24H20Cl2N6O/c25-17-10-14(13-32-6-8-33-9-7-32)11-18(26)20(17)24-30-21-15-3-5-27-12-19(15)29-23-16(22(21)31-24)2-1-4-28-23/h1-5,10-12H,6-9,13H2,(H,28,29)(H,30,31). The number of fused-ring (bicyclic) bond motifs is 5. The van der Waals surface area contributed by atoms with Crippen LogP contribution in [0.4, 0.5) is 11.5 Å². The maximum Gasteiger partial charge on any atom is 0.141 e. The maximum absolute atomic E-state index is 6.76. The summed E-state index contributed by atoms with van der Waals surface area (Å²) in [4.78, 5) is 19.5. The van der Waals surface area contributed by atoms with Crippen LogP contribution in [-0.4, -0.2) is 51.1 Å². The second kappa shape index (κ2) is 8.43. The normalized spacial score (nSPS) is 15.2. The molecule has 0 unspecified atom stereocenters. The molecule has 166 valence electrons. The molecule has 1 aromatic carbocycles. The fraction of sp³-hybridized carbons (Fsp3) is 0.208. The molecule has 3 aromatic heterocycles. The highest BCUT2D eigenvalue weighted by atomic mass is 35.5. The van der Waals surface area contributed by atoms with Gasteiger partial charge < -0.3 is 15.0 Å². The van der Waals surface area contributed by atoms with Gasteiger partial charge in [-0.15, -0.1) is 0 Å². The minimum Gasteiger partial charge on any atom is -0.379 e. The first-order chi connectivity index (χ1) is 16.2. The lowest BCUT2D eigenvalue weighted by Gasteiger charge is -2.26. The van der Waals surface area contributed by atoms with Gasteiger partial charge in [-0.05, 0) is 35.9 Å². The number of aromatic nitrogens is 4. The van der Waals surface area contributed by atoms with Crippen molar-refractivity contribution in [3.05, 3.63) is 64.5 Å². The Morgan fingerprint density at radius 1 is 1.03 bits per heavy atom. The van der Waals surface area contributed by atoms with Gasteiger partial charge in [-0.3, -0.25) is 9.88 Å². The van der Waals surface area contributed by atoms with Crippen LogP contribution in [0, 0.1) is 0 Å². The number of hydrogen-bond donors (Lipinski definition) is 2. The van der Waals surface area contributed by atoms with E-state index in [1.54, 1.807) is 18.6 Å². The lowest BCUT2D eigenvalue weighted by molar-refractivity contribution is 0.0342. The van der Waals surface area contributed by atoms with Crippen LogP contribution in [0.25, 0.3) is 33.9 Å². The lowest BCUT2D eigenvalue weighted by Crippen LogP contribution is -2.35. The molecule has 2 aliphatic heterocycles. The van der Waals surface area contributed by atoms with Gasteiger partial charge >= 0.3 is 0 Å². The van der Waals surface area contributed by atoms with Gasteiger partial charge in [0.25, 0.3) is 0 Å². The predicted octanol–water partition coefficient (Wildman–Crippen LogP) is 5.40. The number of pyridine rings is 2. The molecule has 0 spiro atoms. The Balaban J connectivity index is 1.44. The minimum absolute atomic E-state index is 0.564. The van der Waals surface area contributed by atoms with Crippen molar-refractivity contribution in [1.82, 2.24) is 24.8 Å². The predicted molar refractivity (Wildman–Crippen MR) is 130 cm³/mol. The summed E-state index contributed by atoms with van der Waals surface area (Å²) >= 11 is 13.5. The first-order valence-corrected chi connectivity index (χ1v) is 11.5. The Morgan fingerprint density at radius 2 is 1.85 bits per heavy atom. The van der Waals surface area contributed by atoms with Crippen LogP contribution in [0.1, 0.15) is 5.56 Å². The molecule has 0 saturated carbocycles. The summed E-state index contributed by atoms with van der Waals surface area (Å²) < 4.78 is 5.44. The largest absolute Gasteiger partial charge is 0.379 e. The van der Waals surface area contributed by atoms with Gasteiger partial charge in [-0.1, -0.05) is 23.2 Å². The van der Waals surface area contributed by atoms with E-state index in [2.05, 4.69) is 25.2 Å². The van der Waals surface area contributed by atoms with Crippen molar-refractivity contribution < 1.29 is 4.74 Å². The number of hydrogen-bond acceptors (Lipinski definition) is 6. The summed E-state index contributed by atoms with van der Waals surface area (Å²) in [7, 11) is 0. The third-order valence-electron chi connectivity index (χ3n) is 5.96. The second-order valence-corrected chi connectivity index (χ2v) is 8.89. The number of aromatic amines is 1. The van der Waals surface area contributed by atoms with Crippen LogP contribution in [0.15, 0.2) is 48.9 Å². The monoisotopic (exact) mass is 478 g/mol. The van der Waals surface area contributed by atoms with Crippen molar-refractivity contribution in [2.75, 3.05) is 31.6 Å². The zero-order chi connectivity index (χ0) is 22.4. The van der Waals surface area contributed by atoms with E-state index in [0.29, 0.717) is 21.4 Å². The van der Waals surface area contributed by atoms with Crippen molar-refractivity contribution in [2.24, 2.45) is 0 Å². The van der Waals surface area contributed by atoms with Crippen LogP contribution in [0.5, 0.6) is 0 Å². The van der Waals surface area contributed by atoms with Gasteiger partial charge in [-0.2, -0.15) is 0 Å². The first kappa shape index (κ1) is 20.6. The highest BCUT2D eigenvalue weighted by Crippen LogP contribution is 2.44. The van der Waals surface area contributed by atoms with Crippen molar-refractivity contribution >= 4 is 34.7 Å². The molecule has 1 saturated heterocycles. The summed E-state index contributed by atoms with van der Waals surface area (Å²) in [6, 6.07) is 9.78. The second-order valence-electron chi connectivity index (χ2n) is 8.08. The molecule has 7 nitrogen and oxygen atoms in total. The molecule has 2 aliphatic rings. The minimum atomic E-state index is 0.564. The number of benzene rings is 1. The van der Waals surface area contributed by atoms with Gasteiger partial charge in [0, 0.05) is 43.2 Å². The zero-order valence-corrected chi connectivity index (χ0v) is 19.1. The summed E-state index contributed by atoms with van der Waals surface area (Å²) in [5.74, 6) is 1.34.